The van der Waals surface area contributed by atoms with Crippen LogP contribution in [0.4, 0.5) is 5.69 Å². The van der Waals surface area contributed by atoms with Crippen molar-refractivity contribution in [3.63, 3.8) is 0 Å². The molecule has 0 bridgehead atoms. The van der Waals surface area contributed by atoms with Crippen molar-refractivity contribution in [1.82, 2.24) is 4.98 Å². The number of rotatable bonds is 2. The molecule has 1 unspecified atom stereocenters. The zero-order valence-corrected chi connectivity index (χ0v) is 8.19. The Morgan fingerprint density at radius 3 is 2.79 bits per heavy atom. The number of pyridine rings is 1. The largest absolute Gasteiger partial charge is 0.398 e. The van der Waals surface area contributed by atoms with E-state index in [1.54, 1.807) is 18.5 Å². The minimum atomic E-state index is -0.425. The van der Waals surface area contributed by atoms with Gasteiger partial charge in [0.2, 0.25) is 0 Å². The Kier molecular flexibility index (Phi) is 2.68. The van der Waals surface area contributed by atoms with Crippen LogP contribution in [0.1, 0.15) is 37.4 Å². The predicted octanol–water partition coefficient (Wildman–Crippen LogP) is 1.89. The summed E-state index contributed by atoms with van der Waals surface area (Å²) in [4.78, 5) is 4.00. The van der Waals surface area contributed by atoms with Crippen LogP contribution in [0.3, 0.4) is 0 Å². The Hall–Kier alpha value is -1.09. The molecule has 0 aromatic carbocycles. The van der Waals surface area contributed by atoms with Crippen LogP contribution in [0.5, 0.6) is 0 Å². The highest BCUT2D eigenvalue weighted by Crippen LogP contribution is 2.36. The Morgan fingerprint density at radius 1 is 1.43 bits per heavy atom. The molecule has 1 aliphatic carbocycles. The lowest BCUT2D eigenvalue weighted by Gasteiger charge is -2.18. The van der Waals surface area contributed by atoms with E-state index >= 15 is 0 Å². The van der Waals surface area contributed by atoms with Crippen LogP contribution in [0.2, 0.25) is 0 Å². The molecule has 1 aliphatic rings. The van der Waals surface area contributed by atoms with Crippen molar-refractivity contribution in [2.45, 2.75) is 31.8 Å². The molecule has 1 atom stereocenters. The number of hydrogen-bond acceptors (Lipinski definition) is 3. The van der Waals surface area contributed by atoms with Crippen molar-refractivity contribution >= 4 is 5.69 Å². The lowest BCUT2D eigenvalue weighted by Crippen LogP contribution is -2.11. The van der Waals surface area contributed by atoms with Gasteiger partial charge in [-0.15, -0.1) is 0 Å². The lowest BCUT2D eigenvalue weighted by molar-refractivity contribution is 0.112. The van der Waals surface area contributed by atoms with Gasteiger partial charge in [0, 0.05) is 23.6 Å². The van der Waals surface area contributed by atoms with E-state index < -0.39 is 6.10 Å². The Labute approximate surface area is 84.0 Å². The van der Waals surface area contributed by atoms with Gasteiger partial charge < -0.3 is 10.8 Å². The summed E-state index contributed by atoms with van der Waals surface area (Å²) < 4.78 is 0. The number of hydrogen-bond donors (Lipinski definition) is 2. The van der Waals surface area contributed by atoms with E-state index in [-0.39, 0.29) is 0 Å². The molecule has 3 nitrogen and oxygen atoms in total. The molecule has 1 fully saturated rings. The van der Waals surface area contributed by atoms with E-state index in [9.17, 15) is 5.11 Å². The molecule has 0 spiro atoms. The van der Waals surface area contributed by atoms with Gasteiger partial charge in [0.25, 0.3) is 0 Å². The van der Waals surface area contributed by atoms with Crippen LogP contribution in [-0.4, -0.2) is 10.1 Å². The van der Waals surface area contributed by atoms with Crippen LogP contribution in [0.25, 0.3) is 0 Å². The van der Waals surface area contributed by atoms with Crippen LogP contribution in [-0.2, 0) is 0 Å². The average molecular weight is 192 g/mol. The van der Waals surface area contributed by atoms with Crippen molar-refractivity contribution in [3.8, 4) is 0 Å². The van der Waals surface area contributed by atoms with Crippen molar-refractivity contribution in [3.05, 3.63) is 24.0 Å². The molecule has 1 aromatic rings. The molecule has 3 heteroatoms. The van der Waals surface area contributed by atoms with E-state index in [1.165, 1.54) is 12.8 Å². The first-order valence-corrected chi connectivity index (χ1v) is 5.16. The molecule has 1 saturated carbocycles. The Balaban J connectivity index is 2.17. The maximum Gasteiger partial charge on any atom is 0.0853 e. The SMILES string of the molecule is Nc1ccncc1C(O)C1CCCC1. The molecule has 0 amide bonds. The summed E-state index contributed by atoms with van der Waals surface area (Å²) in [7, 11) is 0. The van der Waals surface area contributed by atoms with E-state index in [1.807, 2.05) is 0 Å². The highest BCUT2D eigenvalue weighted by atomic mass is 16.3. The van der Waals surface area contributed by atoms with Gasteiger partial charge in [-0.05, 0) is 24.8 Å². The molecule has 1 heterocycles. The number of nitrogen functional groups attached to an aromatic ring is 1. The molecule has 0 saturated heterocycles. The maximum absolute atomic E-state index is 10.1. The van der Waals surface area contributed by atoms with Crippen LogP contribution in [0, 0.1) is 5.92 Å². The van der Waals surface area contributed by atoms with Crippen LogP contribution in [0.15, 0.2) is 18.5 Å². The first-order chi connectivity index (χ1) is 6.79. The van der Waals surface area contributed by atoms with Gasteiger partial charge in [-0.3, -0.25) is 4.98 Å². The molecule has 2 rings (SSSR count). The molecule has 76 valence electrons. The van der Waals surface area contributed by atoms with Gasteiger partial charge in [0.1, 0.15) is 0 Å². The topological polar surface area (TPSA) is 59.1 Å². The van der Waals surface area contributed by atoms with E-state index in [0.717, 1.165) is 18.4 Å². The summed E-state index contributed by atoms with van der Waals surface area (Å²) in [6.45, 7) is 0. The molecule has 0 aliphatic heterocycles. The maximum atomic E-state index is 10.1. The summed E-state index contributed by atoms with van der Waals surface area (Å²) in [6, 6.07) is 1.74. The van der Waals surface area contributed by atoms with Crippen LogP contribution < -0.4 is 5.73 Å². The zero-order chi connectivity index (χ0) is 9.97. The second-order valence-electron chi connectivity index (χ2n) is 3.99. The fourth-order valence-corrected chi connectivity index (χ4v) is 2.19. The summed E-state index contributed by atoms with van der Waals surface area (Å²) >= 11 is 0. The third-order valence-corrected chi connectivity index (χ3v) is 3.05. The number of aliphatic hydroxyl groups is 1. The molecular formula is C11H16N2O. The minimum absolute atomic E-state index is 0.376. The van der Waals surface area contributed by atoms with Crippen molar-refractivity contribution in [2.75, 3.05) is 5.73 Å². The molecule has 0 radical (unpaired) electrons. The highest BCUT2D eigenvalue weighted by molar-refractivity contribution is 5.45. The fraction of sp³-hybridized carbons (Fsp3) is 0.545. The van der Waals surface area contributed by atoms with Gasteiger partial charge >= 0.3 is 0 Å². The Morgan fingerprint density at radius 2 is 2.14 bits per heavy atom. The normalized spacial score (nSPS) is 19.8. The average Bonchev–Trinajstić information content (AvgIpc) is 2.70. The second kappa shape index (κ2) is 3.96. The number of nitrogens with two attached hydrogens (primary N) is 1. The zero-order valence-electron chi connectivity index (χ0n) is 8.19. The quantitative estimate of drug-likeness (QED) is 0.752. The summed E-state index contributed by atoms with van der Waals surface area (Å²) in [5.74, 6) is 0.376. The van der Waals surface area contributed by atoms with E-state index in [0.29, 0.717) is 11.6 Å². The summed E-state index contributed by atoms with van der Waals surface area (Å²) in [5, 5.41) is 10.1. The van der Waals surface area contributed by atoms with Crippen molar-refractivity contribution in [1.29, 1.82) is 0 Å². The minimum Gasteiger partial charge on any atom is -0.398 e. The predicted molar refractivity (Wildman–Crippen MR) is 55.6 cm³/mol. The molecule has 3 N–H and O–H groups in total. The third kappa shape index (κ3) is 1.73. The Bertz CT molecular complexity index is 308. The van der Waals surface area contributed by atoms with E-state index in [2.05, 4.69) is 4.98 Å². The monoisotopic (exact) mass is 192 g/mol. The first-order valence-electron chi connectivity index (χ1n) is 5.16. The van der Waals surface area contributed by atoms with Crippen molar-refractivity contribution in [2.24, 2.45) is 5.92 Å². The number of anilines is 1. The molecular weight excluding hydrogens is 176 g/mol. The number of nitrogens with zero attached hydrogens (tertiary/aromatic N) is 1. The first kappa shape index (κ1) is 9.46. The van der Waals surface area contributed by atoms with Crippen LogP contribution >= 0.6 is 0 Å². The van der Waals surface area contributed by atoms with Gasteiger partial charge in [0.15, 0.2) is 0 Å². The van der Waals surface area contributed by atoms with Gasteiger partial charge in [-0.2, -0.15) is 0 Å². The second-order valence-corrected chi connectivity index (χ2v) is 3.99. The fourth-order valence-electron chi connectivity index (χ4n) is 2.19. The lowest BCUT2D eigenvalue weighted by atomic mass is 9.95. The summed E-state index contributed by atoms with van der Waals surface area (Å²) in [6.07, 6.45) is 7.57. The third-order valence-electron chi connectivity index (χ3n) is 3.05. The highest BCUT2D eigenvalue weighted by Gasteiger charge is 2.25. The molecule has 1 aromatic heterocycles. The number of aliphatic hydroxyl groups excluding tert-OH is 1. The van der Waals surface area contributed by atoms with Gasteiger partial charge in [0.05, 0.1) is 6.10 Å². The standard InChI is InChI=1S/C11H16N2O/c12-10-5-6-13-7-9(10)11(14)8-3-1-2-4-8/h5-8,11,14H,1-4H2,(H2,12,13). The van der Waals surface area contributed by atoms with E-state index in [4.69, 9.17) is 5.73 Å². The van der Waals surface area contributed by atoms with Gasteiger partial charge in [-0.25, -0.2) is 0 Å². The van der Waals surface area contributed by atoms with Gasteiger partial charge in [-0.1, -0.05) is 12.8 Å². The smallest absolute Gasteiger partial charge is 0.0853 e. The summed E-state index contributed by atoms with van der Waals surface area (Å²) in [5.41, 5.74) is 7.23. The van der Waals surface area contributed by atoms with Crippen molar-refractivity contribution < 1.29 is 5.11 Å². The molecule has 14 heavy (non-hydrogen) atoms. The number of aromatic nitrogens is 1.